The van der Waals surface area contributed by atoms with Crippen molar-refractivity contribution in [1.82, 2.24) is 5.32 Å². The van der Waals surface area contributed by atoms with E-state index in [-0.39, 0.29) is 29.9 Å². The molecule has 0 aliphatic carbocycles. The summed E-state index contributed by atoms with van der Waals surface area (Å²) in [5, 5.41) is 2.97. The van der Waals surface area contributed by atoms with E-state index in [2.05, 4.69) is 5.32 Å². The highest BCUT2D eigenvalue weighted by Crippen LogP contribution is 2.40. The van der Waals surface area contributed by atoms with Crippen molar-refractivity contribution in [3.8, 4) is 0 Å². The molecular weight excluding hydrogens is 384 g/mol. The number of allylic oxidation sites excluding steroid dienone is 2. The van der Waals surface area contributed by atoms with Crippen molar-refractivity contribution in [3.05, 3.63) is 57.9 Å². The summed E-state index contributed by atoms with van der Waals surface area (Å²) >= 11 is 0. The van der Waals surface area contributed by atoms with Gasteiger partial charge in [-0.25, -0.2) is 18.4 Å². The van der Waals surface area contributed by atoms with Crippen LogP contribution >= 0.6 is 0 Å². The number of halogens is 2. The lowest BCUT2D eigenvalue weighted by Crippen LogP contribution is -2.33. The van der Waals surface area contributed by atoms with Crippen molar-refractivity contribution in [3.63, 3.8) is 0 Å². The number of dihydropyridines is 1. The third-order valence-corrected chi connectivity index (χ3v) is 4.34. The molecule has 158 valence electrons. The summed E-state index contributed by atoms with van der Waals surface area (Å²) in [6.07, 6.45) is -0.425. The molecule has 2 rings (SSSR count). The van der Waals surface area contributed by atoms with Gasteiger partial charge in [0.05, 0.1) is 29.8 Å². The van der Waals surface area contributed by atoms with Crippen LogP contribution in [0.15, 0.2) is 40.7 Å². The Morgan fingerprint density at radius 2 is 1.69 bits per heavy atom. The number of carbonyl (C=O) groups is 2. The van der Waals surface area contributed by atoms with E-state index in [9.17, 15) is 18.4 Å². The standard InChI is InChI=1S/C21H25F2NO5/c1-11(2)29-21(26)18-13(4)24-12(3)17(20(25)28-9-8-27-5)19(18)15-7-6-14(22)10-16(15)23/h6-7,10-11,19,24H,8-9H2,1-5H3. The van der Waals surface area contributed by atoms with Crippen molar-refractivity contribution >= 4 is 11.9 Å². The lowest BCUT2D eigenvalue weighted by atomic mass is 9.80. The molecule has 0 saturated heterocycles. The largest absolute Gasteiger partial charge is 0.460 e. The number of benzene rings is 1. The molecule has 0 bridgehead atoms. The van der Waals surface area contributed by atoms with Gasteiger partial charge in [-0.2, -0.15) is 0 Å². The predicted molar refractivity (Wildman–Crippen MR) is 102 cm³/mol. The van der Waals surface area contributed by atoms with E-state index >= 15 is 0 Å². The zero-order valence-corrected chi connectivity index (χ0v) is 17.1. The lowest BCUT2D eigenvalue weighted by Gasteiger charge is -2.31. The average Bonchev–Trinajstić information content (AvgIpc) is 2.60. The van der Waals surface area contributed by atoms with Crippen molar-refractivity contribution in [2.45, 2.75) is 39.7 Å². The molecule has 1 aromatic rings. The van der Waals surface area contributed by atoms with Gasteiger partial charge in [-0.05, 0) is 33.8 Å². The molecule has 1 aromatic carbocycles. The molecule has 8 heteroatoms. The molecule has 6 nitrogen and oxygen atoms in total. The van der Waals surface area contributed by atoms with Crippen LogP contribution in [0.1, 0.15) is 39.2 Å². The number of methoxy groups -OCH3 is 1. The summed E-state index contributed by atoms with van der Waals surface area (Å²) in [7, 11) is 1.46. The Bertz CT molecular complexity index is 861. The van der Waals surface area contributed by atoms with Crippen LogP contribution in [0.25, 0.3) is 0 Å². The van der Waals surface area contributed by atoms with E-state index in [0.717, 1.165) is 6.07 Å². The van der Waals surface area contributed by atoms with Gasteiger partial charge < -0.3 is 19.5 Å². The fourth-order valence-corrected chi connectivity index (χ4v) is 3.15. The van der Waals surface area contributed by atoms with E-state index in [1.165, 1.54) is 13.2 Å². The Balaban J connectivity index is 2.59. The van der Waals surface area contributed by atoms with E-state index in [1.807, 2.05) is 0 Å². The van der Waals surface area contributed by atoms with Gasteiger partial charge in [0.1, 0.15) is 18.2 Å². The Morgan fingerprint density at radius 1 is 1.07 bits per heavy atom. The molecule has 1 atom stereocenters. The molecule has 0 radical (unpaired) electrons. The second-order valence-electron chi connectivity index (χ2n) is 6.88. The summed E-state index contributed by atoms with van der Waals surface area (Å²) in [6.45, 7) is 6.77. The van der Waals surface area contributed by atoms with Crippen molar-refractivity contribution < 1.29 is 32.6 Å². The molecule has 1 N–H and O–H groups in total. The molecule has 0 spiro atoms. The highest BCUT2D eigenvalue weighted by atomic mass is 19.1. The van der Waals surface area contributed by atoms with Gasteiger partial charge in [-0.15, -0.1) is 0 Å². The molecule has 0 fully saturated rings. The third kappa shape index (κ3) is 5.20. The predicted octanol–water partition coefficient (Wildman–Crippen LogP) is 3.34. The summed E-state index contributed by atoms with van der Waals surface area (Å²) in [6, 6.07) is 3.00. The van der Waals surface area contributed by atoms with E-state index in [4.69, 9.17) is 14.2 Å². The van der Waals surface area contributed by atoms with E-state index in [0.29, 0.717) is 17.5 Å². The fraction of sp³-hybridized carbons (Fsp3) is 0.429. The van der Waals surface area contributed by atoms with Crippen LogP contribution in [-0.4, -0.2) is 38.4 Å². The zero-order valence-electron chi connectivity index (χ0n) is 17.1. The van der Waals surface area contributed by atoms with E-state index in [1.54, 1.807) is 27.7 Å². The Hall–Kier alpha value is -2.74. The van der Waals surface area contributed by atoms with Gasteiger partial charge in [-0.1, -0.05) is 6.07 Å². The average molecular weight is 409 g/mol. The van der Waals surface area contributed by atoms with Crippen LogP contribution in [0, 0.1) is 11.6 Å². The number of nitrogens with one attached hydrogen (secondary N) is 1. The van der Waals surface area contributed by atoms with Gasteiger partial charge in [-0.3, -0.25) is 0 Å². The Kier molecular flexibility index (Phi) is 7.50. The summed E-state index contributed by atoms with van der Waals surface area (Å²) in [5.74, 6) is -4.19. The first-order valence-electron chi connectivity index (χ1n) is 9.17. The van der Waals surface area contributed by atoms with Crippen LogP contribution in [0.3, 0.4) is 0 Å². The van der Waals surface area contributed by atoms with Gasteiger partial charge in [0, 0.05) is 30.1 Å². The van der Waals surface area contributed by atoms with Crippen LogP contribution in [0.2, 0.25) is 0 Å². The van der Waals surface area contributed by atoms with Gasteiger partial charge in [0.2, 0.25) is 0 Å². The maximum atomic E-state index is 14.7. The summed E-state index contributed by atoms with van der Waals surface area (Å²) in [5.41, 5.74) is 0.900. The minimum Gasteiger partial charge on any atom is -0.460 e. The Morgan fingerprint density at radius 3 is 2.24 bits per heavy atom. The van der Waals surface area contributed by atoms with Gasteiger partial charge >= 0.3 is 11.9 Å². The second kappa shape index (κ2) is 9.65. The maximum Gasteiger partial charge on any atom is 0.337 e. The third-order valence-electron chi connectivity index (χ3n) is 4.34. The second-order valence-corrected chi connectivity index (χ2v) is 6.88. The molecule has 1 unspecified atom stereocenters. The molecule has 0 saturated carbocycles. The minimum atomic E-state index is -1.11. The first kappa shape index (κ1) is 22.5. The fourth-order valence-electron chi connectivity index (χ4n) is 3.15. The van der Waals surface area contributed by atoms with Crippen LogP contribution in [0.4, 0.5) is 8.78 Å². The smallest absolute Gasteiger partial charge is 0.337 e. The molecule has 1 aliphatic heterocycles. The molecule has 0 aromatic heterocycles. The molecular formula is C21H25F2NO5. The minimum absolute atomic E-state index is 0.0147. The van der Waals surface area contributed by atoms with Crippen molar-refractivity contribution in [2.75, 3.05) is 20.3 Å². The SMILES string of the molecule is COCCOC(=O)C1=C(C)NC(C)=C(C(=O)OC(C)C)C1c1ccc(F)cc1F. The van der Waals surface area contributed by atoms with Crippen LogP contribution in [0.5, 0.6) is 0 Å². The maximum absolute atomic E-state index is 14.7. The molecule has 1 heterocycles. The lowest BCUT2D eigenvalue weighted by molar-refractivity contribution is -0.143. The number of rotatable bonds is 7. The highest BCUT2D eigenvalue weighted by Gasteiger charge is 2.39. The number of hydrogen-bond acceptors (Lipinski definition) is 6. The topological polar surface area (TPSA) is 73.9 Å². The van der Waals surface area contributed by atoms with Crippen LogP contribution in [-0.2, 0) is 23.8 Å². The van der Waals surface area contributed by atoms with Crippen molar-refractivity contribution in [1.29, 1.82) is 0 Å². The monoisotopic (exact) mass is 409 g/mol. The number of carbonyl (C=O) groups excluding carboxylic acids is 2. The van der Waals surface area contributed by atoms with Crippen LogP contribution < -0.4 is 5.32 Å². The molecule has 1 aliphatic rings. The highest BCUT2D eigenvalue weighted by molar-refractivity contribution is 6.00. The molecule has 29 heavy (non-hydrogen) atoms. The number of esters is 2. The first-order valence-corrected chi connectivity index (χ1v) is 9.17. The zero-order chi connectivity index (χ0) is 21.7. The summed E-state index contributed by atoms with van der Waals surface area (Å²) < 4.78 is 43.6. The van der Waals surface area contributed by atoms with Crippen molar-refractivity contribution in [2.24, 2.45) is 0 Å². The summed E-state index contributed by atoms with van der Waals surface area (Å²) in [4.78, 5) is 25.6. The normalized spacial score (nSPS) is 16.8. The number of hydrogen-bond donors (Lipinski definition) is 1. The molecule has 0 amide bonds. The van der Waals surface area contributed by atoms with Gasteiger partial charge in [0.15, 0.2) is 0 Å². The first-order chi connectivity index (χ1) is 13.7. The quantitative estimate of drug-likeness (QED) is 0.550. The van der Waals surface area contributed by atoms with Gasteiger partial charge in [0.25, 0.3) is 0 Å². The number of ether oxygens (including phenoxy) is 3. The van der Waals surface area contributed by atoms with E-state index < -0.39 is 35.6 Å². The Labute approximate surface area is 168 Å².